The molecule has 8 aliphatic carbocycles. The van der Waals surface area contributed by atoms with Gasteiger partial charge in [0.1, 0.15) is 12.0 Å². The van der Waals surface area contributed by atoms with E-state index in [9.17, 15) is 0 Å². The van der Waals surface area contributed by atoms with Gasteiger partial charge in [-0.3, -0.25) is 5.32 Å². The molecule has 0 bridgehead atoms. The van der Waals surface area contributed by atoms with Crippen LogP contribution in [0.4, 0.5) is 5.69 Å². The van der Waals surface area contributed by atoms with Crippen LogP contribution in [0.1, 0.15) is 108 Å². The van der Waals surface area contributed by atoms with Crippen molar-refractivity contribution in [1.29, 1.82) is 0 Å². The van der Waals surface area contributed by atoms with E-state index < -0.39 is 0 Å². The Morgan fingerprint density at radius 3 is 2.39 bits per heavy atom. The number of rotatable bonds is 8. The number of nitrogens with one attached hydrogen (secondary N) is 2. The lowest BCUT2D eigenvalue weighted by molar-refractivity contribution is 0.152. The second-order valence-corrected chi connectivity index (χ2v) is 24.0. The normalized spacial score (nSPS) is 39.5. The Kier molecular flexibility index (Phi) is 12.0. The Morgan fingerprint density at radius 1 is 0.739 bits per heavy atom. The maximum absolute atomic E-state index is 5.78. The molecule has 0 spiro atoms. The summed E-state index contributed by atoms with van der Waals surface area (Å²) in [5.41, 5.74) is 10.4. The molecule has 354 valence electrons. The zero-order valence-electron chi connectivity index (χ0n) is 40.8. The topological polar surface area (TPSA) is 39.7 Å². The van der Waals surface area contributed by atoms with Crippen molar-refractivity contribution in [2.24, 2.45) is 70.1 Å². The Labute approximate surface area is 417 Å². The van der Waals surface area contributed by atoms with Gasteiger partial charge in [-0.2, -0.15) is 0 Å². The summed E-state index contributed by atoms with van der Waals surface area (Å²) in [5, 5.41) is 8.68. The number of amidine groups is 1. The largest absolute Gasteiger partial charge is 0.354 e. The van der Waals surface area contributed by atoms with Crippen LogP contribution >= 0.6 is 11.8 Å². The molecule has 2 aromatic carbocycles. The third-order valence-corrected chi connectivity index (χ3v) is 20.5. The first-order valence-corrected chi connectivity index (χ1v) is 28.2. The van der Waals surface area contributed by atoms with E-state index in [2.05, 4.69) is 199 Å². The van der Waals surface area contributed by atoms with Gasteiger partial charge >= 0.3 is 0 Å². The fourth-order valence-electron chi connectivity index (χ4n) is 15.6. The zero-order chi connectivity index (χ0) is 46.0. The molecule has 1 saturated carbocycles. The summed E-state index contributed by atoms with van der Waals surface area (Å²) in [4.78, 5) is 10.1. The fourth-order valence-corrected chi connectivity index (χ4v) is 17.5. The lowest BCUT2D eigenvalue weighted by Gasteiger charge is -2.47. The molecule has 5 heteroatoms. The van der Waals surface area contributed by atoms with E-state index in [0.29, 0.717) is 70.5 Å². The van der Waals surface area contributed by atoms with Crippen LogP contribution in [0.25, 0.3) is 0 Å². The van der Waals surface area contributed by atoms with Gasteiger partial charge in [-0.05, 0) is 150 Å². The molecule has 3 aliphatic heterocycles. The molecule has 2 N–H and O–H groups in total. The molecule has 0 aromatic heterocycles. The summed E-state index contributed by atoms with van der Waals surface area (Å²) in [6.07, 6.45) is 55.4. The molecule has 0 radical (unpaired) electrons. The van der Waals surface area contributed by atoms with Crippen LogP contribution in [-0.2, 0) is 0 Å². The highest BCUT2D eigenvalue weighted by molar-refractivity contribution is 8.04. The Morgan fingerprint density at radius 2 is 1.58 bits per heavy atom. The number of aliphatic imine (C=N–C) groups is 1. The van der Waals surface area contributed by atoms with Gasteiger partial charge in [-0.15, -0.1) is 11.8 Å². The highest BCUT2D eigenvalue weighted by Gasteiger charge is 2.52. The highest BCUT2D eigenvalue weighted by Crippen LogP contribution is 2.62. The van der Waals surface area contributed by atoms with Gasteiger partial charge in [0.05, 0.1) is 6.17 Å². The van der Waals surface area contributed by atoms with Crippen molar-refractivity contribution in [3.63, 3.8) is 0 Å². The van der Waals surface area contributed by atoms with Gasteiger partial charge in [0.15, 0.2) is 0 Å². The molecule has 3 heterocycles. The maximum Gasteiger partial charge on any atom is 0.129 e. The van der Waals surface area contributed by atoms with Crippen molar-refractivity contribution in [1.82, 2.24) is 10.6 Å². The predicted octanol–water partition coefficient (Wildman–Crippen LogP) is 14.8. The monoisotopic (exact) mass is 929 g/mol. The van der Waals surface area contributed by atoms with Crippen LogP contribution in [0.3, 0.4) is 0 Å². The first-order chi connectivity index (χ1) is 34.0. The second kappa shape index (κ2) is 18.7. The Balaban J connectivity index is 0.872. The number of anilines is 1. The number of nitrogens with zero attached hydrogens (tertiary/aromatic N) is 2. The lowest BCUT2D eigenvalue weighted by atomic mass is 9.58. The van der Waals surface area contributed by atoms with E-state index in [4.69, 9.17) is 4.99 Å². The molecule has 0 amide bonds. The number of hydrogen-bond acceptors (Lipinski definition) is 5. The molecule has 11 aliphatic rings. The SMILES string of the molecule is CC1CCCC(C2=CCC(C3C=CC(C4CC=CC5C6CC7C(C=C6SC45)c4ccccc4N7C4=CCC=C4)=C(C4=NC(c5ccccc5)NC(C5C=CC=CC5)N4)C3)C(C)C2C2C=CC=CC2)C1. The first-order valence-electron chi connectivity index (χ1n) is 27.3. The van der Waals surface area contributed by atoms with E-state index in [1.165, 1.54) is 73.0 Å². The van der Waals surface area contributed by atoms with Crippen LogP contribution in [0, 0.1) is 65.1 Å². The Bertz CT molecular complexity index is 2680. The molecule has 2 fully saturated rings. The minimum Gasteiger partial charge on any atom is -0.354 e. The lowest BCUT2D eigenvalue weighted by Crippen LogP contribution is -2.55. The number of hydrogen-bond donors (Lipinski definition) is 2. The summed E-state index contributed by atoms with van der Waals surface area (Å²) >= 11 is 2.25. The van der Waals surface area contributed by atoms with Crippen molar-refractivity contribution < 1.29 is 0 Å². The molecule has 1 saturated heterocycles. The smallest absolute Gasteiger partial charge is 0.129 e. The molecule has 69 heavy (non-hydrogen) atoms. The minimum absolute atomic E-state index is 0.0810. The standard InChI is InChI=1S/C64H72N4S/c1-40-18-16-25-45(36-40)49-35-34-48(41(2)60(49)42-19-6-3-7-20-42)46-32-33-50(56(37-46)64-66-62(43-21-8-4-9-22-43)65-63(67-64)44-23-10-5-11-24-44)52-29-17-30-53-55-38-58-54(39-59(55)69-61(52)53)51-28-14-15-31-57(51)68(58)47-26-12-13-27-47/h3-12,14-15,17,19,21-23,26-28,30-33,35,39-42,44-46,48,52-55,58,60-63,65H,13,16,18,20,24-25,29,34,36-38H2,1-2H3,(H,66,67). The second-order valence-electron chi connectivity index (χ2n) is 22.8. The Hall–Kier alpha value is -4.84. The average Bonchev–Trinajstić information content (AvgIpc) is 4.15. The quantitative estimate of drug-likeness (QED) is 0.259. The van der Waals surface area contributed by atoms with E-state index in [1.807, 2.05) is 5.57 Å². The summed E-state index contributed by atoms with van der Waals surface area (Å²) in [5.74, 6) is 7.84. The third kappa shape index (κ3) is 8.06. The van der Waals surface area contributed by atoms with Gasteiger partial charge in [0.25, 0.3) is 0 Å². The molecule has 2 aromatic rings. The van der Waals surface area contributed by atoms with Crippen LogP contribution in [0.5, 0.6) is 0 Å². The average molecular weight is 929 g/mol. The number of fused-ring (bicyclic) bond motifs is 6. The van der Waals surface area contributed by atoms with Crippen molar-refractivity contribution in [3.8, 4) is 0 Å². The van der Waals surface area contributed by atoms with Crippen molar-refractivity contribution in [2.45, 2.75) is 114 Å². The van der Waals surface area contributed by atoms with Gasteiger partial charge in [-0.1, -0.05) is 178 Å². The molecule has 13 rings (SSSR count). The summed E-state index contributed by atoms with van der Waals surface area (Å²) in [6, 6.07) is 20.8. The van der Waals surface area contributed by atoms with Crippen LogP contribution in [0.2, 0.25) is 0 Å². The van der Waals surface area contributed by atoms with Gasteiger partial charge in [0, 0.05) is 40.4 Å². The van der Waals surface area contributed by atoms with Crippen LogP contribution < -0.4 is 15.5 Å². The molecular formula is C64H72N4S. The number of para-hydroxylation sites is 1. The van der Waals surface area contributed by atoms with Crippen molar-refractivity contribution in [2.75, 3.05) is 4.90 Å². The highest BCUT2D eigenvalue weighted by atomic mass is 32.2. The van der Waals surface area contributed by atoms with Gasteiger partial charge in [-0.25, -0.2) is 4.99 Å². The predicted molar refractivity (Wildman–Crippen MR) is 289 cm³/mol. The summed E-state index contributed by atoms with van der Waals surface area (Å²) < 4.78 is 0. The van der Waals surface area contributed by atoms with Crippen LogP contribution in [-0.4, -0.2) is 23.3 Å². The fraction of sp³-hybridized carbons (Fsp3) is 0.453. The van der Waals surface area contributed by atoms with Gasteiger partial charge < -0.3 is 10.2 Å². The number of thioether (sulfide) groups is 1. The summed E-state index contributed by atoms with van der Waals surface area (Å²) in [6.45, 7) is 5.17. The van der Waals surface area contributed by atoms with E-state index >= 15 is 0 Å². The first kappa shape index (κ1) is 44.1. The third-order valence-electron chi connectivity index (χ3n) is 18.9. The van der Waals surface area contributed by atoms with Crippen LogP contribution in [0.15, 0.2) is 190 Å². The maximum atomic E-state index is 5.78. The minimum atomic E-state index is -0.111. The summed E-state index contributed by atoms with van der Waals surface area (Å²) in [7, 11) is 0. The van der Waals surface area contributed by atoms with E-state index in [1.54, 1.807) is 10.5 Å². The van der Waals surface area contributed by atoms with Crippen molar-refractivity contribution in [3.05, 3.63) is 196 Å². The molecule has 4 nitrogen and oxygen atoms in total. The molecular weight excluding hydrogens is 857 g/mol. The number of benzene rings is 2. The molecule has 16 unspecified atom stereocenters. The number of allylic oxidation sites excluding steroid dienone is 18. The zero-order valence-corrected chi connectivity index (χ0v) is 41.6. The van der Waals surface area contributed by atoms with E-state index in [0.717, 1.165) is 43.4 Å². The molecule has 16 atom stereocenters. The van der Waals surface area contributed by atoms with Crippen molar-refractivity contribution >= 4 is 23.3 Å². The van der Waals surface area contributed by atoms with Gasteiger partial charge in [0.2, 0.25) is 0 Å². The van der Waals surface area contributed by atoms with E-state index in [-0.39, 0.29) is 12.3 Å².